The van der Waals surface area contributed by atoms with Crippen LogP contribution in [0, 0.1) is 0 Å². The summed E-state index contributed by atoms with van der Waals surface area (Å²) in [6, 6.07) is 16.4. The number of carbonyl (C=O) groups is 1. The summed E-state index contributed by atoms with van der Waals surface area (Å²) >= 11 is 0. The van der Waals surface area contributed by atoms with E-state index in [0.717, 1.165) is 5.56 Å². The summed E-state index contributed by atoms with van der Waals surface area (Å²) in [6.45, 7) is 2.55. The lowest BCUT2D eigenvalue weighted by Crippen LogP contribution is -2.38. The van der Waals surface area contributed by atoms with Gasteiger partial charge in [-0.25, -0.2) is 4.98 Å². The zero-order valence-electron chi connectivity index (χ0n) is 17.2. The van der Waals surface area contributed by atoms with Crippen LogP contribution in [0.25, 0.3) is 0 Å². The van der Waals surface area contributed by atoms with Gasteiger partial charge in [0.25, 0.3) is 5.56 Å². The fraction of sp³-hybridized carbons (Fsp3) is 0.304. The number of aromatic nitrogens is 3. The lowest BCUT2D eigenvalue weighted by Gasteiger charge is -2.27. The smallest absolute Gasteiger partial charge is 0.252 e. The number of amides is 1. The van der Waals surface area contributed by atoms with E-state index in [-0.39, 0.29) is 23.9 Å². The number of hydrogen-bond donors (Lipinski definition) is 2. The Morgan fingerprint density at radius 1 is 1.10 bits per heavy atom. The zero-order valence-corrected chi connectivity index (χ0v) is 17.2. The molecule has 2 N–H and O–H groups in total. The second kappa shape index (κ2) is 9.99. The molecule has 0 spiro atoms. The van der Waals surface area contributed by atoms with Crippen molar-refractivity contribution in [2.75, 3.05) is 31.2 Å². The SMILES string of the molecule is O=C(Cc1ccccn1)N[C@@H](Cc1cc(=O)[nH]c(N2CCOCC2)n1)c1ccccc1. The van der Waals surface area contributed by atoms with Gasteiger partial charge < -0.3 is 15.0 Å². The first kappa shape index (κ1) is 20.7. The van der Waals surface area contributed by atoms with Crippen molar-refractivity contribution < 1.29 is 9.53 Å². The van der Waals surface area contributed by atoms with Crippen LogP contribution in [0.3, 0.4) is 0 Å². The van der Waals surface area contributed by atoms with Crippen molar-refractivity contribution in [1.29, 1.82) is 0 Å². The number of morpholine rings is 1. The monoisotopic (exact) mass is 419 g/mol. The molecule has 8 heteroatoms. The Bertz CT molecular complexity index is 1050. The Morgan fingerprint density at radius 3 is 2.61 bits per heavy atom. The lowest BCUT2D eigenvalue weighted by molar-refractivity contribution is -0.121. The van der Waals surface area contributed by atoms with Crippen molar-refractivity contribution >= 4 is 11.9 Å². The molecule has 1 fully saturated rings. The molecule has 1 atom stereocenters. The van der Waals surface area contributed by atoms with E-state index < -0.39 is 0 Å². The number of anilines is 1. The quantitative estimate of drug-likeness (QED) is 0.604. The highest BCUT2D eigenvalue weighted by Crippen LogP contribution is 2.18. The third-order valence-corrected chi connectivity index (χ3v) is 5.11. The predicted octanol–water partition coefficient (Wildman–Crippen LogP) is 1.64. The molecule has 0 unspecified atom stereocenters. The van der Waals surface area contributed by atoms with Crippen molar-refractivity contribution in [1.82, 2.24) is 20.3 Å². The Kier molecular flexibility index (Phi) is 6.68. The van der Waals surface area contributed by atoms with Gasteiger partial charge in [0.05, 0.1) is 31.4 Å². The van der Waals surface area contributed by atoms with Crippen molar-refractivity contribution in [2.45, 2.75) is 18.9 Å². The molecular formula is C23H25N5O3. The van der Waals surface area contributed by atoms with Crippen molar-refractivity contribution in [3.05, 3.63) is 88.1 Å². The van der Waals surface area contributed by atoms with Crippen molar-refractivity contribution in [2.24, 2.45) is 0 Å². The number of carbonyl (C=O) groups excluding carboxylic acids is 1. The molecule has 3 aromatic rings. The molecule has 1 saturated heterocycles. The van der Waals surface area contributed by atoms with E-state index >= 15 is 0 Å². The molecular weight excluding hydrogens is 394 g/mol. The standard InChI is InChI=1S/C23H25N5O3/c29-21(15-18-8-4-5-9-24-18)26-20(17-6-2-1-3-7-17)14-19-16-22(30)27-23(25-19)28-10-12-31-13-11-28/h1-9,16,20H,10-15H2,(H,26,29)(H,25,27,30)/t20-/m0/s1. The first-order valence-electron chi connectivity index (χ1n) is 10.3. The average molecular weight is 419 g/mol. The number of hydrogen-bond acceptors (Lipinski definition) is 6. The molecule has 4 rings (SSSR count). The van der Waals surface area contributed by atoms with Gasteiger partial charge in [-0.2, -0.15) is 0 Å². The summed E-state index contributed by atoms with van der Waals surface area (Å²) in [6.07, 6.45) is 2.26. The molecule has 31 heavy (non-hydrogen) atoms. The predicted molar refractivity (Wildman–Crippen MR) is 117 cm³/mol. The van der Waals surface area contributed by atoms with Crippen LogP contribution in [0.2, 0.25) is 0 Å². The molecule has 0 radical (unpaired) electrons. The van der Waals surface area contributed by atoms with Gasteiger partial charge in [-0.15, -0.1) is 0 Å². The maximum atomic E-state index is 12.7. The van der Waals surface area contributed by atoms with Gasteiger partial charge in [0.15, 0.2) is 0 Å². The van der Waals surface area contributed by atoms with E-state index in [9.17, 15) is 9.59 Å². The summed E-state index contributed by atoms with van der Waals surface area (Å²) in [5, 5.41) is 3.08. The van der Waals surface area contributed by atoms with Gasteiger partial charge in [0.1, 0.15) is 0 Å². The highest BCUT2D eigenvalue weighted by molar-refractivity contribution is 5.78. The average Bonchev–Trinajstić information content (AvgIpc) is 2.80. The van der Waals surface area contributed by atoms with Crippen LogP contribution < -0.4 is 15.8 Å². The minimum atomic E-state index is -0.316. The number of aromatic amines is 1. The van der Waals surface area contributed by atoms with Crippen molar-refractivity contribution in [3.8, 4) is 0 Å². The van der Waals surface area contributed by atoms with Crippen LogP contribution in [-0.4, -0.2) is 47.2 Å². The highest BCUT2D eigenvalue weighted by atomic mass is 16.5. The normalized spacial score (nSPS) is 14.8. The number of H-pyrrole nitrogens is 1. The van der Waals surface area contributed by atoms with E-state index in [1.807, 2.05) is 53.4 Å². The van der Waals surface area contributed by atoms with E-state index in [2.05, 4.69) is 20.3 Å². The summed E-state index contributed by atoms with van der Waals surface area (Å²) in [5.74, 6) is 0.406. The van der Waals surface area contributed by atoms with Gasteiger partial charge >= 0.3 is 0 Å². The van der Waals surface area contributed by atoms with Crippen molar-refractivity contribution in [3.63, 3.8) is 0 Å². The molecule has 0 aliphatic carbocycles. The highest BCUT2D eigenvalue weighted by Gasteiger charge is 2.19. The summed E-state index contributed by atoms with van der Waals surface area (Å²) < 4.78 is 5.38. The largest absolute Gasteiger partial charge is 0.378 e. The van der Waals surface area contributed by atoms with E-state index in [4.69, 9.17) is 4.74 Å². The number of pyridine rings is 1. The van der Waals surface area contributed by atoms with Gasteiger partial charge in [-0.1, -0.05) is 36.4 Å². The molecule has 1 aliphatic rings. The maximum Gasteiger partial charge on any atom is 0.252 e. The molecule has 3 heterocycles. The fourth-order valence-corrected chi connectivity index (χ4v) is 3.58. The fourth-order valence-electron chi connectivity index (χ4n) is 3.58. The molecule has 8 nitrogen and oxygen atoms in total. The molecule has 160 valence electrons. The molecule has 1 aliphatic heterocycles. The third-order valence-electron chi connectivity index (χ3n) is 5.11. The van der Waals surface area contributed by atoms with Crippen LogP contribution >= 0.6 is 0 Å². The Morgan fingerprint density at radius 2 is 1.87 bits per heavy atom. The first-order valence-corrected chi connectivity index (χ1v) is 10.3. The topological polar surface area (TPSA) is 100 Å². The Hall–Kier alpha value is -3.52. The molecule has 0 saturated carbocycles. The molecule has 1 aromatic carbocycles. The minimum Gasteiger partial charge on any atom is -0.378 e. The van der Waals surface area contributed by atoms with Gasteiger partial charge in [0, 0.05) is 37.5 Å². The minimum absolute atomic E-state index is 0.134. The summed E-state index contributed by atoms with van der Waals surface area (Å²) in [7, 11) is 0. The van der Waals surface area contributed by atoms with Crippen LogP contribution in [0.15, 0.2) is 65.6 Å². The van der Waals surface area contributed by atoms with Crippen LogP contribution in [-0.2, 0) is 22.4 Å². The number of nitrogens with one attached hydrogen (secondary N) is 2. The van der Waals surface area contributed by atoms with E-state index in [1.54, 1.807) is 6.20 Å². The number of benzene rings is 1. The number of ether oxygens (including phenoxy) is 1. The Balaban J connectivity index is 1.54. The van der Waals surface area contributed by atoms with Crippen LogP contribution in [0.4, 0.5) is 5.95 Å². The number of rotatable bonds is 7. The van der Waals surface area contributed by atoms with Gasteiger partial charge in [-0.05, 0) is 17.7 Å². The Labute approximate surface area is 180 Å². The lowest BCUT2D eigenvalue weighted by atomic mass is 10.0. The zero-order chi connectivity index (χ0) is 21.5. The summed E-state index contributed by atoms with van der Waals surface area (Å²) in [5.41, 5.74) is 2.07. The van der Waals surface area contributed by atoms with E-state index in [0.29, 0.717) is 50.1 Å². The van der Waals surface area contributed by atoms with Crippen LogP contribution in [0.5, 0.6) is 0 Å². The number of nitrogens with zero attached hydrogens (tertiary/aromatic N) is 3. The van der Waals surface area contributed by atoms with Gasteiger partial charge in [-0.3, -0.25) is 19.6 Å². The first-order chi connectivity index (χ1) is 15.2. The van der Waals surface area contributed by atoms with E-state index in [1.165, 1.54) is 6.07 Å². The molecule has 1 amide bonds. The maximum absolute atomic E-state index is 12.7. The van der Waals surface area contributed by atoms with Gasteiger partial charge in [0.2, 0.25) is 11.9 Å². The second-order valence-corrected chi connectivity index (χ2v) is 7.39. The van der Waals surface area contributed by atoms with Crippen LogP contribution in [0.1, 0.15) is 23.0 Å². The summed E-state index contributed by atoms with van der Waals surface area (Å²) in [4.78, 5) is 38.7. The molecule has 0 bridgehead atoms. The third kappa shape index (κ3) is 5.76. The second-order valence-electron chi connectivity index (χ2n) is 7.39. The molecule has 2 aromatic heterocycles.